The highest BCUT2D eigenvalue weighted by Gasteiger charge is 2.06. The van der Waals surface area contributed by atoms with Gasteiger partial charge in [-0.3, -0.25) is 0 Å². The van der Waals surface area contributed by atoms with E-state index in [1.54, 1.807) is 13.0 Å². The molecule has 0 bridgehead atoms. The van der Waals surface area contributed by atoms with Gasteiger partial charge in [0.25, 0.3) is 0 Å². The van der Waals surface area contributed by atoms with Gasteiger partial charge in [-0.2, -0.15) is 5.26 Å². The van der Waals surface area contributed by atoms with Crippen LogP contribution in [0.15, 0.2) is 24.3 Å². The van der Waals surface area contributed by atoms with Gasteiger partial charge in [0, 0.05) is 6.42 Å². The lowest BCUT2D eigenvalue weighted by atomic mass is 10.1. The van der Waals surface area contributed by atoms with Crippen LogP contribution in [0.25, 0.3) is 0 Å². The minimum Gasteiger partial charge on any atom is -0.462 e. The average molecular weight is 217 g/mol. The second-order valence-corrected chi connectivity index (χ2v) is 3.43. The van der Waals surface area contributed by atoms with Crippen LogP contribution in [0.3, 0.4) is 0 Å². The van der Waals surface area contributed by atoms with Crippen molar-refractivity contribution in [3.63, 3.8) is 0 Å². The molecule has 0 unspecified atom stereocenters. The van der Waals surface area contributed by atoms with Gasteiger partial charge in [0.1, 0.15) is 0 Å². The van der Waals surface area contributed by atoms with E-state index in [0.717, 1.165) is 18.4 Å². The molecule has 0 atom stereocenters. The van der Waals surface area contributed by atoms with Gasteiger partial charge in [0.15, 0.2) is 0 Å². The van der Waals surface area contributed by atoms with Crippen molar-refractivity contribution in [1.29, 1.82) is 5.26 Å². The lowest BCUT2D eigenvalue weighted by molar-refractivity contribution is 0.0526. The molecule has 0 aliphatic rings. The highest BCUT2D eigenvalue weighted by Crippen LogP contribution is 2.09. The number of esters is 1. The number of nitriles is 1. The first-order valence-corrected chi connectivity index (χ1v) is 5.41. The fourth-order valence-electron chi connectivity index (χ4n) is 1.44. The molecule has 1 aromatic rings. The van der Waals surface area contributed by atoms with E-state index in [2.05, 4.69) is 6.07 Å². The topological polar surface area (TPSA) is 50.1 Å². The van der Waals surface area contributed by atoms with E-state index in [-0.39, 0.29) is 5.97 Å². The number of ether oxygens (including phenoxy) is 1. The van der Waals surface area contributed by atoms with Gasteiger partial charge in [0.05, 0.1) is 18.2 Å². The Kier molecular flexibility index (Phi) is 5.07. The predicted octanol–water partition coefficient (Wildman–Crippen LogP) is 2.71. The lowest BCUT2D eigenvalue weighted by Crippen LogP contribution is -2.04. The van der Waals surface area contributed by atoms with Crippen LogP contribution in [0.2, 0.25) is 0 Å². The predicted molar refractivity (Wildman–Crippen MR) is 60.9 cm³/mol. The van der Waals surface area contributed by atoms with Crippen molar-refractivity contribution in [2.24, 2.45) is 0 Å². The summed E-state index contributed by atoms with van der Waals surface area (Å²) in [5, 5.41) is 8.43. The maximum atomic E-state index is 11.5. The molecule has 16 heavy (non-hydrogen) atoms. The summed E-state index contributed by atoms with van der Waals surface area (Å²) in [6, 6.07) is 9.47. The molecule has 1 rings (SSSR count). The third-order valence-corrected chi connectivity index (χ3v) is 2.19. The molecular weight excluding hydrogens is 202 g/mol. The number of unbranched alkanes of at least 4 members (excludes halogenated alkanes) is 1. The second-order valence-electron chi connectivity index (χ2n) is 3.43. The summed E-state index contributed by atoms with van der Waals surface area (Å²) < 4.78 is 4.92. The molecule has 1 aromatic carbocycles. The third kappa shape index (κ3) is 3.74. The van der Waals surface area contributed by atoms with E-state index >= 15 is 0 Å². The Morgan fingerprint density at radius 1 is 1.50 bits per heavy atom. The van der Waals surface area contributed by atoms with Crippen LogP contribution in [0.5, 0.6) is 0 Å². The van der Waals surface area contributed by atoms with Crippen LogP contribution in [-0.2, 0) is 11.2 Å². The van der Waals surface area contributed by atoms with Crippen molar-refractivity contribution in [3.8, 4) is 6.07 Å². The number of aryl methyl sites for hydroxylation is 1. The molecule has 0 spiro atoms. The maximum Gasteiger partial charge on any atom is 0.338 e. The number of carbonyl (C=O) groups excluding carboxylic acids is 1. The molecule has 0 aromatic heterocycles. The zero-order chi connectivity index (χ0) is 11.8. The molecule has 0 aliphatic heterocycles. The smallest absolute Gasteiger partial charge is 0.338 e. The number of benzene rings is 1. The summed E-state index contributed by atoms with van der Waals surface area (Å²) in [5.74, 6) is -0.287. The van der Waals surface area contributed by atoms with Crippen LogP contribution >= 0.6 is 0 Å². The number of carbonyl (C=O) groups is 1. The molecule has 0 amide bonds. The molecule has 0 saturated carbocycles. The van der Waals surface area contributed by atoms with E-state index in [0.29, 0.717) is 18.6 Å². The standard InChI is InChI=1S/C13H15NO2/c1-2-16-13(15)12-8-5-7-11(10-12)6-3-4-9-14/h5,7-8,10H,2-4,6H2,1H3. The van der Waals surface area contributed by atoms with Gasteiger partial charge in [-0.05, 0) is 37.5 Å². The van der Waals surface area contributed by atoms with E-state index < -0.39 is 0 Å². The molecule has 84 valence electrons. The molecule has 0 fully saturated rings. The monoisotopic (exact) mass is 217 g/mol. The van der Waals surface area contributed by atoms with Crippen LogP contribution in [0, 0.1) is 11.3 Å². The minimum atomic E-state index is -0.287. The second kappa shape index (κ2) is 6.62. The Balaban J connectivity index is 2.64. The molecule has 0 aliphatic carbocycles. The van der Waals surface area contributed by atoms with Crippen molar-refractivity contribution >= 4 is 5.97 Å². The van der Waals surface area contributed by atoms with Crippen LogP contribution < -0.4 is 0 Å². The summed E-state index contributed by atoms with van der Waals surface area (Å²) >= 11 is 0. The third-order valence-electron chi connectivity index (χ3n) is 2.19. The molecule has 0 heterocycles. The highest BCUT2D eigenvalue weighted by atomic mass is 16.5. The molecule has 0 radical (unpaired) electrons. The van der Waals surface area contributed by atoms with Crippen LogP contribution in [0.1, 0.15) is 35.7 Å². The number of hydrogen-bond acceptors (Lipinski definition) is 3. The first kappa shape index (κ1) is 12.3. The number of hydrogen-bond donors (Lipinski definition) is 0. The van der Waals surface area contributed by atoms with E-state index in [1.807, 2.05) is 18.2 Å². The molecule has 0 saturated heterocycles. The summed E-state index contributed by atoms with van der Waals surface area (Å²) in [6.45, 7) is 2.17. The van der Waals surface area contributed by atoms with Crippen molar-refractivity contribution in [2.75, 3.05) is 6.61 Å². The Morgan fingerprint density at radius 3 is 3.00 bits per heavy atom. The van der Waals surface area contributed by atoms with Crippen molar-refractivity contribution < 1.29 is 9.53 Å². The van der Waals surface area contributed by atoms with Gasteiger partial charge in [-0.25, -0.2) is 4.79 Å². The minimum absolute atomic E-state index is 0.287. The Bertz CT molecular complexity index is 393. The molecule has 0 N–H and O–H groups in total. The Morgan fingerprint density at radius 2 is 2.31 bits per heavy atom. The van der Waals surface area contributed by atoms with Crippen LogP contribution in [-0.4, -0.2) is 12.6 Å². The van der Waals surface area contributed by atoms with Crippen molar-refractivity contribution in [1.82, 2.24) is 0 Å². The first-order valence-electron chi connectivity index (χ1n) is 5.41. The average Bonchev–Trinajstić information content (AvgIpc) is 2.30. The van der Waals surface area contributed by atoms with Gasteiger partial charge < -0.3 is 4.74 Å². The fraction of sp³-hybridized carbons (Fsp3) is 0.385. The quantitative estimate of drug-likeness (QED) is 0.562. The van der Waals surface area contributed by atoms with Gasteiger partial charge in [-0.1, -0.05) is 12.1 Å². The summed E-state index contributed by atoms with van der Waals surface area (Å²) in [7, 11) is 0. The van der Waals surface area contributed by atoms with Gasteiger partial charge >= 0.3 is 5.97 Å². The summed E-state index contributed by atoms with van der Waals surface area (Å²) in [6.07, 6.45) is 2.19. The molecule has 3 heteroatoms. The lowest BCUT2D eigenvalue weighted by Gasteiger charge is -2.04. The number of nitrogens with zero attached hydrogens (tertiary/aromatic N) is 1. The fourth-order valence-corrected chi connectivity index (χ4v) is 1.44. The normalized spacial score (nSPS) is 9.50. The summed E-state index contributed by atoms with van der Waals surface area (Å²) in [4.78, 5) is 11.5. The highest BCUT2D eigenvalue weighted by molar-refractivity contribution is 5.89. The molecular formula is C13H15NO2. The van der Waals surface area contributed by atoms with Crippen LogP contribution in [0.4, 0.5) is 0 Å². The van der Waals surface area contributed by atoms with Crippen molar-refractivity contribution in [3.05, 3.63) is 35.4 Å². The van der Waals surface area contributed by atoms with E-state index in [1.165, 1.54) is 0 Å². The molecule has 3 nitrogen and oxygen atoms in total. The number of rotatable bonds is 5. The van der Waals surface area contributed by atoms with Gasteiger partial charge in [0.2, 0.25) is 0 Å². The zero-order valence-electron chi connectivity index (χ0n) is 9.40. The summed E-state index contributed by atoms with van der Waals surface area (Å²) in [5.41, 5.74) is 1.65. The first-order chi connectivity index (χ1) is 7.77. The van der Waals surface area contributed by atoms with Crippen molar-refractivity contribution in [2.45, 2.75) is 26.2 Å². The largest absolute Gasteiger partial charge is 0.462 e. The Hall–Kier alpha value is -1.82. The maximum absolute atomic E-state index is 11.5. The zero-order valence-corrected chi connectivity index (χ0v) is 9.40. The van der Waals surface area contributed by atoms with E-state index in [4.69, 9.17) is 10.00 Å². The SMILES string of the molecule is CCOC(=O)c1cccc(CCCC#N)c1. The van der Waals surface area contributed by atoms with Gasteiger partial charge in [-0.15, -0.1) is 0 Å². The van der Waals surface area contributed by atoms with E-state index in [9.17, 15) is 4.79 Å². The Labute approximate surface area is 95.7 Å².